The first-order chi connectivity index (χ1) is 11.2. The maximum Gasteiger partial charge on any atom is 0.417 e. The molecule has 1 amide bonds. The Bertz CT molecular complexity index is 734. The van der Waals surface area contributed by atoms with Crippen molar-refractivity contribution >= 4 is 11.8 Å². The number of ether oxygens (including phenoxy) is 1. The second-order valence-corrected chi connectivity index (χ2v) is 6.37. The van der Waals surface area contributed by atoms with E-state index in [9.17, 15) is 4.79 Å². The molecule has 0 saturated carbocycles. The SMILES string of the molecule is Cc1ccc(OC(=O)Nc2c3c(nc4c2CCC4)CCC3)cc1. The van der Waals surface area contributed by atoms with Crippen LogP contribution >= 0.6 is 0 Å². The molecule has 0 aliphatic heterocycles. The van der Waals surface area contributed by atoms with E-state index in [1.54, 1.807) is 0 Å². The summed E-state index contributed by atoms with van der Waals surface area (Å²) in [6.45, 7) is 2.01. The van der Waals surface area contributed by atoms with Gasteiger partial charge in [-0.2, -0.15) is 0 Å². The Morgan fingerprint density at radius 3 is 2.22 bits per heavy atom. The summed E-state index contributed by atoms with van der Waals surface area (Å²) in [6.07, 6.45) is 5.85. The van der Waals surface area contributed by atoms with Crippen LogP contribution in [0.4, 0.5) is 10.5 Å². The lowest BCUT2D eigenvalue weighted by Crippen LogP contribution is -2.19. The first kappa shape index (κ1) is 14.2. The zero-order chi connectivity index (χ0) is 15.8. The van der Waals surface area contributed by atoms with Gasteiger partial charge in [0.2, 0.25) is 0 Å². The van der Waals surface area contributed by atoms with Gasteiger partial charge in [0.25, 0.3) is 0 Å². The number of nitrogens with zero attached hydrogens (tertiary/aromatic N) is 1. The molecule has 1 heterocycles. The van der Waals surface area contributed by atoms with Crippen LogP contribution < -0.4 is 10.1 Å². The summed E-state index contributed by atoms with van der Waals surface area (Å²) < 4.78 is 5.42. The second kappa shape index (κ2) is 5.69. The number of benzene rings is 1. The van der Waals surface area contributed by atoms with Gasteiger partial charge in [-0.15, -0.1) is 0 Å². The average molecular weight is 308 g/mol. The minimum atomic E-state index is -0.414. The largest absolute Gasteiger partial charge is 0.417 e. The van der Waals surface area contributed by atoms with Gasteiger partial charge in [0.1, 0.15) is 5.75 Å². The quantitative estimate of drug-likeness (QED) is 0.913. The van der Waals surface area contributed by atoms with Crippen molar-refractivity contribution < 1.29 is 9.53 Å². The maximum absolute atomic E-state index is 12.3. The van der Waals surface area contributed by atoms with Crippen molar-refractivity contribution in [2.75, 3.05) is 5.32 Å². The van der Waals surface area contributed by atoms with Gasteiger partial charge in [-0.3, -0.25) is 10.3 Å². The van der Waals surface area contributed by atoms with Crippen molar-refractivity contribution in [2.45, 2.75) is 45.4 Å². The van der Waals surface area contributed by atoms with Gasteiger partial charge >= 0.3 is 6.09 Å². The van der Waals surface area contributed by atoms with Gasteiger partial charge in [-0.05, 0) is 68.7 Å². The van der Waals surface area contributed by atoms with Gasteiger partial charge in [0.15, 0.2) is 0 Å². The first-order valence-corrected chi connectivity index (χ1v) is 8.30. The van der Waals surface area contributed by atoms with E-state index < -0.39 is 6.09 Å². The molecule has 2 aliphatic carbocycles. The molecule has 1 N–H and O–H groups in total. The van der Waals surface area contributed by atoms with Gasteiger partial charge < -0.3 is 4.74 Å². The van der Waals surface area contributed by atoms with Crippen molar-refractivity contribution in [1.82, 2.24) is 4.98 Å². The molecule has 0 radical (unpaired) electrons. The lowest BCUT2D eigenvalue weighted by molar-refractivity contribution is 0.215. The van der Waals surface area contributed by atoms with Crippen molar-refractivity contribution in [2.24, 2.45) is 0 Å². The van der Waals surface area contributed by atoms with Crippen LogP contribution in [0.25, 0.3) is 0 Å². The molecule has 2 aliphatic rings. The number of aryl methyl sites for hydroxylation is 3. The number of rotatable bonds is 2. The third-order valence-corrected chi connectivity index (χ3v) is 4.71. The molecule has 0 spiro atoms. The van der Waals surface area contributed by atoms with E-state index in [-0.39, 0.29) is 0 Å². The van der Waals surface area contributed by atoms with E-state index in [4.69, 9.17) is 9.72 Å². The molecule has 118 valence electrons. The van der Waals surface area contributed by atoms with Crippen molar-refractivity contribution in [3.05, 3.63) is 52.3 Å². The number of anilines is 1. The molecule has 1 aromatic carbocycles. The van der Waals surface area contributed by atoms with Crippen LogP contribution in [0.2, 0.25) is 0 Å². The highest BCUT2D eigenvalue weighted by Gasteiger charge is 2.26. The number of aromatic nitrogens is 1. The Balaban J connectivity index is 1.59. The Morgan fingerprint density at radius 1 is 1.00 bits per heavy atom. The normalized spacial score (nSPS) is 15.2. The second-order valence-electron chi connectivity index (χ2n) is 6.37. The van der Waals surface area contributed by atoms with Crippen LogP contribution in [-0.4, -0.2) is 11.1 Å². The fourth-order valence-electron chi connectivity index (χ4n) is 3.58. The number of hydrogen-bond acceptors (Lipinski definition) is 3. The summed E-state index contributed by atoms with van der Waals surface area (Å²) in [5.41, 5.74) is 6.87. The monoisotopic (exact) mass is 308 g/mol. The van der Waals surface area contributed by atoms with Crippen LogP contribution in [0, 0.1) is 6.92 Å². The Labute approximate surface area is 135 Å². The minimum Gasteiger partial charge on any atom is -0.410 e. The van der Waals surface area contributed by atoms with E-state index in [0.29, 0.717) is 5.75 Å². The van der Waals surface area contributed by atoms with Crippen molar-refractivity contribution in [3.63, 3.8) is 0 Å². The molecule has 0 saturated heterocycles. The zero-order valence-corrected chi connectivity index (χ0v) is 13.3. The summed E-state index contributed by atoms with van der Waals surface area (Å²) in [6, 6.07) is 7.50. The number of nitrogens with one attached hydrogen (secondary N) is 1. The minimum absolute atomic E-state index is 0.414. The summed E-state index contributed by atoms with van der Waals surface area (Å²) in [7, 11) is 0. The molecular weight excluding hydrogens is 288 g/mol. The molecule has 2 aromatic rings. The van der Waals surface area contributed by atoms with Gasteiger partial charge in [-0.1, -0.05) is 17.7 Å². The Hall–Kier alpha value is -2.36. The highest BCUT2D eigenvalue weighted by Crippen LogP contribution is 2.36. The number of amides is 1. The smallest absolute Gasteiger partial charge is 0.410 e. The topological polar surface area (TPSA) is 51.2 Å². The van der Waals surface area contributed by atoms with E-state index >= 15 is 0 Å². The molecule has 4 rings (SSSR count). The molecule has 1 aromatic heterocycles. The highest BCUT2D eigenvalue weighted by molar-refractivity contribution is 5.89. The van der Waals surface area contributed by atoms with E-state index in [0.717, 1.165) is 61.2 Å². The van der Waals surface area contributed by atoms with Crippen LogP contribution in [0.5, 0.6) is 5.75 Å². The van der Waals surface area contributed by atoms with Gasteiger partial charge in [-0.25, -0.2) is 4.79 Å². The molecule has 23 heavy (non-hydrogen) atoms. The average Bonchev–Trinajstić information content (AvgIpc) is 3.18. The lowest BCUT2D eigenvalue weighted by atomic mass is 10.1. The van der Waals surface area contributed by atoms with Crippen LogP contribution in [0.15, 0.2) is 24.3 Å². The first-order valence-electron chi connectivity index (χ1n) is 8.30. The Morgan fingerprint density at radius 2 is 1.61 bits per heavy atom. The van der Waals surface area contributed by atoms with E-state index in [1.165, 1.54) is 11.1 Å². The molecular formula is C19H20N2O2. The number of carbonyl (C=O) groups is 1. The third kappa shape index (κ3) is 2.69. The highest BCUT2D eigenvalue weighted by atomic mass is 16.6. The Kier molecular flexibility index (Phi) is 3.52. The number of pyridine rings is 1. The van der Waals surface area contributed by atoms with Gasteiger partial charge in [0.05, 0.1) is 5.69 Å². The van der Waals surface area contributed by atoms with E-state index in [1.807, 2.05) is 31.2 Å². The predicted octanol–water partition coefficient (Wildman–Crippen LogP) is 3.98. The molecule has 0 bridgehead atoms. The summed E-state index contributed by atoms with van der Waals surface area (Å²) in [5, 5.41) is 3.00. The lowest BCUT2D eigenvalue weighted by Gasteiger charge is -2.15. The van der Waals surface area contributed by atoms with Crippen LogP contribution in [0.3, 0.4) is 0 Å². The maximum atomic E-state index is 12.3. The summed E-state index contributed by atoms with van der Waals surface area (Å²) in [5.74, 6) is 0.565. The molecule has 0 fully saturated rings. The van der Waals surface area contributed by atoms with Crippen LogP contribution in [-0.2, 0) is 25.7 Å². The standard InChI is InChI=1S/C19H20N2O2/c1-12-8-10-13(11-9-12)23-19(22)21-18-14-4-2-6-16(14)20-17-7-3-5-15(17)18/h8-11H,2-7H2,1H3,(H,20,21,22). The van der Waals surface area contributed by atoms with Crippen molar-refractivity contribution in [3.8, 4) is 5.75 Å². The molecule has 0 atom stereocenters. The van der Waals surface area contributed by atoms with Crippen molar-refractivity contribution in [1.29, 1.82) is 0 Å². The summed E-state index contributed by atoms with van der Waals surface area (Å²) in [4.78, 5) is 17.1. The van der Waals surface area contributed by atoms with E-state index in [2.05, 4.69) is 5.32 Å². The third-order valence-electron chi connectivity index (χ3n) is 4.71. The molecule has 4 nitrogen and oxygen atoms in total. The predicted molar refractivity (Wildman–Crippen MR) is 89.1 cm³/mol. The molecule has 0 unspecified atom stereocenters. The zero-order valence-electron chi connectivity index (χ0n) is 13.3. The number of hydrogen-bond donors (Lipinski definition) is 1. The fourth-order valence-corrected chi connectivity index (χ4v) is 3.58. The summed E-state index contributed by atoms with van der Waals surface area (Å²) >= 11 is 0. The number of fused-ring (bicyclic) bond motifs is 2. The fraction of sp³-hybridized carbons (Fsp3) is 0.368. The van der Waals surface area contributed by atoms with Crippen LogP contribution in [0.1, 0.15) is 40.9 Å². The molecule has 4 heteroatoms. The van der Waals surface area contributed by atoms with Gasteiger partial charge in [0, 0.05) is 11.4 Å². The number of carbonyl (C=O) groups excluding carboxylic acids is 1.